The van der Waals surface area contributed by atoms with E-state index in [1.165, 1.54) is 23.5 Å². The molecule has 162 valence electrons. The molecule has 9 heteroatoms. The number of nitrogens with one attached hydrogen (secondary N) is 1. The van der Waals surface area contributed by atoms with E-state index in [2.05, 4.69) is 15.5 Å². The number of aromatic nitrogens is 1. The average molecular weight is 444 g/mol. The van der Waals surface area contributed by atoms with Crippen molar-refractivity contribution >= 4 is 28.7 Å². The molecule has 0 amide bonds. The number of ether oxygens (including phenoxy) is 3. The average Bonchev–Trinajstić information content (AvgIpc) is 3.19. The highest BCUT2D eigenvalue weighted by Gasteiger charge is 2.08. The van der Waals surface area contributed by atoms with Crippen LogP contribution in [0, 0.1) is 5.82 Å². The van der Waals surface area contributed by atoms with Crippen LogP contribution in [-0.4, -0.2) is 30.9 Å². The second-order valence-electron chi connectivity index (χ2n) is 6.32. The zero-order valence-corrected chi connectivity index (χ0v) is 17.9. The van der Waals surface area contributed by atoms with E-state index in [1.54, 1.807) is 49.9 Å². The Morgan fingerprint density at radius 3 is 2.90 bits per heavy atom. The Hall–Kier alpha value is -3.46. The number of hydrogen-bond acceptors (Lipinski definition) is 8. The molecule has 0 fully saturated rings. The first-order valence-electron chi connectivity index (χ1n) is 9.51. The van der Waals surface area contributed by atoms with Crippen LogP contribution in [-0.2, 0) is 22.6 Å². The number of benzene rings is 2. The Balaban J connectivity index is 1.57. The second-order valence-corrected chi connectivity index (χ2v) is 7.18. The van der Waals surface area contributed by atoms with Crippen molar-refractivity contribution in [3.63, 3.8) is 0 Å². The van der Waals surface area contributed by atoms with Crippen molar-refractivity contribution in [3.8, 4) is 11.5 Å². The molecule has 0 saturated carbocycles. The number of rotatable bonds is 10. The maximum Gasteiger partial charge on any atom is 0.311 e. The SMILES string of the molecule is CCOC(=O)Cc1csc(NN=Cc2ccc(OCc3cccc(F)c3)c(OC)c2)n1. The molecule has 1 N–H and O–H groups in total. The molecule has 1 aromatic heterocycles. The summed E-state index contributed by atoms with van der Waals surface area (Å²) in [4.78, 5) is 15.8. The third-order valence-electron chi connectivity index (χ3n) is 4.03. The van der Waals surface area contributed by atoms with E-state index in [9.17, 15) is 9.18 Å². The van der Waals surface area contributed by atoms with Crippen molar-refractivity contribution in [2.75, 3.05) is 19.1 Å². The summed E-state index contributed by atoms with van der Waals surface area (Å²) in [5.74, 6) is 0.460. The minimum absolute atomic E-state index is 0.129. The van der Waals surface area contributed by atoms with Gasteiger partial charge in [0.25, 0.3) is 0 Å². The zero-order chi connectivity index (χ0) is 22.1. The quantitative estimate of drug-likeness (QED) is 0.284. The van der Waals surface area contributed by atoms with Gasteiger partial charge in [-0.25, -0.2) is 9.37 Å². The van der Waals surface area contributed by atoms with Crippen LogP contribution in [0.15, 0.2) is 52.9 Å². The predicted molar refractivity (Wildman–Crippen MR) is 117 cm³/mol. The molecule has 0 spiro atoms. The summed E-state index contributed by atoms with van der Waals surface area (Å²) >= 11 is 1.35. The molecule has 3 rings (SSSR count). The molecular weight excluding hydrogens is 421 g/mol. The number of carbonyl (C=O) groups is 1. The lowest BCUT2D eigenvalue weighted by Crippen LogP contribution is -2.07. The van der Waals surface area contributed by atoms with Crippen LogP contribution in [0.5, 0.6) is 11.5 Å². The number of halogens is 1. The number of methoxy groups -OCH3 is 1. The molecule has 0 saturated heterocycles. The van der Waals surface area contributed by atoms with Gasteiger partial charge in [-0.1, -0.05) is 12.1 Å². The molecular formula is C22H22FN3O4S. The molecule has 0 radical (unpaired) electrons. The van der Waals surface area contributed by atoms with Gasteiger partial charge in [-0.2, -0.15) is 5.10 Å². The van der Waals surface area contributed by atoms with Gasteiger partial charge in [0.1, 0.15) is 12.4 Å². The third kappa shape index (κ3) is 6.78. The van der Waals surface area contributed by atoms with Gasteiger partial charge in [-0.15, -0.1) is 11.3 Å². The van der Waals surface area contributed by atoms with E-state index in [-0.39, 0.29) is 24.8 Å². The van der Waals surface area contributed by atoms with Crippen LogP contribution in [0.25, 0.3) is 0 Å². The van der Waals surface area contributed by atoms with Crippen LogP contribution in [0.1, 0.15) is 23.7 Å². The van der Waals surface area contributed by atoms with Crippen molar-refractivity contribution in [1.29, 1.82) is 0 Å². The van der Waals surface area contributed by atoms with Gasteiger partial charge in [0.15, 0.2) is 11.5 Å². The topological polar surface area (TPSA) is 82.0 Å². The lowest BCUT2D eigenvalue weighted by Gasteiger charge is -2.11. The smallest absolute Gasteiger partial charge is 0.311 e. The van der Waals surface area contributed by atoms with E-state index in [1.807, 2.05) is 6.07 Å². The van der Waals surface area contributed by atoms with Gasteiger partial charge < -0.3 is 14.2 Å². The molecule has 0 unspecified atom stereocenters. The monoisotopic (exact) mass is 443 g/mol. The first-order valence-corrected chi connectivity index (χ1v) is 10.4. The Bertz CT molecular complexity index is 1050. The van der Waals surface area contributed by atoms with Gasteiger partial charge in [0, 0.05) is 5.38 Å². The lowest BCUT2D eigenvalue weighted by atomic mass is 10.2. The van der Waals surface area contributed by atoms with E-state index in [0.717, 1.165) is 11.1 Å². The number of thiazole rings is 1. The summed E-state index contributed by atoms with van der Waals surface area (Å²) in [5, 5.41) is 6.52. The minimum Gasteiger partial charge on any atom is -0.493 e. The fourth-order valence-electron chi connectivity index (χ4n) is 2.63. The highest BCUT2D eigenvalue weighted by Crippen LogP contribution is 2.28. The number of carbonyl (C=O) groups excluding carboxylic acids is 1. The maximum absolute atomic E-state index is 13.3. The molecule has 0 aliphatic carbocycles. The first-order chi connectivity index (χ1) is 15.1. The number of nitrogens with zero attached hydrogens (tertiary/aromatic N) is 2. The highest BCUT2D eigenvalue weighted by atomic mass is 32.1. The van der Waals surface area contributed by atoms with E-state index < -0.39 is 0 Å². The van der Waals surface area contributed by atoms with Crippen molar-refractivity contribution in [2.45, 2.75) is 20.0 Å². The molecule has 0 atom stereocenters. The molecule has 0 aliphatic heterocycles. The summed E-state index contributed by atoms with van der Waals surface area (Å²) in [5.41, 5.74) is 4.98. The Morgan fingerprint density at radius 2 is 2.13 bits per heavy atom. The summed E-state index contributed by atoms with van der Waals surface area (Å²) < 4.78 is 29.3. The zero-order valence-electron chi connectivity index (χ0n) is 17.1. The number of hydrazone groups is 1. The molecule has 7 nitrogen and oxygen atoms in total. The summed E-state index contributed by atoms with van der Waals surface area (Å²) in [6, 6.07) is 11.6. The normalized spacial score (nSPS) is 10.8. The molecule has 1 heterocycles. The number of esters is 1. The fraction of sp³-hybridized carbons (Fsp3) is 0.227. The second kappa shape index (κ2) is 11.1. The van der Waals surface area contributed by atoms with E-state index >= 15 is 0 Å². The maximum atomic E-state index is 13.3. The van der Waals surface area contributed by atoms with E-state index in [0.29, 0.717) is 28.9 Å². The van der Waals surface area contributed by atoms with Crippen molar-refractivity contribution in [1.82, 2.24) is 4.98 Å². The van der Waals surface area contributed by atoms with Gasteiger partial charge >= 0.3 is 5.97 Å². The van der Waals surface area contributed by atoms with Gasteiger partial charge in [0.2, 0.25) is 5.13 Å². The Labute approximate surface area is 183 Å². The highest BCUT2D eigenvalue weighted by molar-refractivity contribution is 7.13. The van der Waals surface area contributed by atoms with Gasteiger partial charge in [-0.05, 0) is 48.4 Å². The minimum atomic E-state index is -0.311. The third-order valence-corrected chi connectivity index (χ3v) is 4.82. The van der Waals surface area contributed by atoms with Crippen molar-refractivity contribution < 1.29 is 23.4 Å². The fourth-order valence-corrected chi connectivity index (χ4v) is 3.29. The molecule has 3 aromatic rings. The van der Waals surface area contributed by atoms with Crippen LogP contribution in [0.2, 0.25) is 0 Å². The van der Waals surface area contributed by atoms with Crippen molar-refractivity contribution in [2.24, 2.45) is 5.10 Å². The molecule has 31 heavy (non-hydrogen) atoms. The molecule has 2 aromatic carbocycles. The van der Waals surface area contributed by atoms with Crippen LogP contribution >= 0.6 is 11.3 Å². The summed E-state index contributed by atoms with van der Waals surface area (Å²) in [6.07, 6.45) is 1.75. The predicted octanol–water partition coefficient (Wildman–Crippen LogP) is 4.42. The Kier molecular flexibility index (Phi) is 7.94. The number of hydrogen-bond donors (Lipinski definition) is 1. The first kappa shape index (κ1) is 22.2. The van der Waals surface area contributed by atoms with Gasteiger partial charge in [0.05, 0.1) is 32.0 Å². The Morgan fingerprint density at radius 1 is 1.26 bits per heavy atom. The standard InChI is InChI=1S/C22H22FN3O4S/c1-3-29-21(27)11-18-14-31-22(25-18)26-24-12-15-7-8-19(20(10-15)28-2)30-13-16-5-4-6-17(23)9-16/h4-10,12,14H,3,11,13H2,1-2H3,(H,25,26). The lowest BCUT2D eigenvalue weighted by molar-refractivity contribution is -0.142. The van der Waals surface area contributed by atoms with E-state index in [4.69, 9.17) is 14.2 Å². The number of anilines is 1. The largest absolute Gasteiger partial charge is 0.493 e. The molecule has 0 bridgehead atoms. The molecule has 0 aliphatic rings. The van der Waals surface area contributed by atoms with Crippen LogP contribution in [0.3, 0.4) is 0 Å². The van der Waals surface area contributed by atoms with Crippen molar-refractivity contribution in [3.05, 3.63) is 70.5 Å². The van der Waals surface area contributed by atoms with Gasteiger partial charge in [-0.3, -0.25) is 10.2 Å². The summed E-state index contributed by atoms with van der Waals surface area (Å²) in [6.45, 7) is 2.33. The summed E-state index contributed by atoms with van der Waals surface area (Å²) in [7, 11) is 1.55. The van der Waals surface area contributed by atoms with Crippen LogP contribution < -0.4 is 14.9 Å². The van der Waals surface area contributed by atoms with Crippen LogP contribution in [0.4, 0.5) is 9.52 Å².